The molecule has 0 aromatic carbocycles. The highest BCUT2D eigenvalue weighted by Crippen LogP contribution is 2.06. The number of unbranched alkanes of at least 4 members (excludes halogenated alkanes) is 4. The maximum atomic E-state index is 10.1. The summed E-state index contributed by atoms with van der Waals surface area (Å²) in [4.78, 5) is 20.2. The van der Waals surface area contributed by atoms with E-state index < -0.39 is 11.9 Å². The Morgan fingerprint density at radius 3 is 1.38 bits per heavy atom. The lowest BCUT2D eigenvalue weighted by Crippen LogP contribution is -1.95. The van der Waals surface area contributed by atoms with E-state index in [4.69, 9.17) is 10.2 Å². The summed E-state index contributed by atoms with van der Waals surface area (Å²) in [6, 6.07) is 0. The van der Waals surface area contributed by atoms with Gasteiger partial charge in [0.05, 0.1) is 0 Å². The van der Waals surface area contributed by atoms with Gasteiger partial charge in [0.15, 0.2) is 0 Å². The first-order valence-electron chi connectivity index (χ1n) is 4.56. The molecular formula is C9H17O4+. The van der Waals surface area contributed by atoms with Crippen molar-refractivity contribution in [3.05, 3.63) is 0 Å². The first kappa shape index (κ1) is 11.9. The normalized spacial score (nSPS) is 9.85. The zero-order chi connectivity index (χ0) is 10.1. The van der Waals surface area contributed by atoms with Crippen LogP contribution in [0.2, 0.25) is 0 Å². The van der Waals surface area contributed by atoms with Gasteiger partial charge in [0.1, 0.15) is 0 Å². The number of carboxylic acids is 2. The van der Waals surface area contributed by atoms with E-state index in [0.717, 1.165) is 19.3 Å². The average Bonchev–Trinajstić information content (AvgIpc) is 2.01. The molecule has 0 rings (SSSR count). The van der Waals surface area contributed by atoms with Crippen LogP contribution in [-0.4, -0.2) is 22.2 Å². The Bertz CT molecular complexity index is 152. The molecule has 0 saturated heterocycles. The summed E-state index contributed by atoms with van der Waals surface area (Å²) in [6.07, 6.45) is 4.53. The fraction of sp³-hybridized carbons (Fsp3) is 0.778. The van der Waals surface area contributed by atoms with Crippen LogP contribution in [0.3, 0.4) is 0 Å². The number of hydrogen-bond donors (Lipinski definition) is 2. The van der Waals surface area contributed by atoms with Crippen molar-refractivity contribution in [2.45, 2.75) is 44.9 Å². The molecule has 0 saturated carbocycles. The lowest BCUT2D eigenvalue weighted by Gasteiger charge is -1.97. The van der Waals surface area contributed by atoms with E-state index in [-0.39, 0.29) is 14.3 Å². The van der Waals surface area contributed by atoms with E-state index >= 15 is 0 Å². The molecule has 0 aliphatic rings. The van der Waals surface area contributed by atoms with Gasteiger partial charge in [-0.2, -0.15) is 0 Å². The summed E-state index contributed by atoms with van der Waals surface area (Å²) < 4.78 is 0. The van der Waals surface area contributed by atoms with Crippen LogP contribution in [0, 0.1) is 0 Å². The van der Waals surface area contributed by atoms with Crippen LogP contribution in [0.25, 0.3) is 0 Å². The third kappa shape index (κ3) is 10.9. The van der Waals surface area contributed by atoms with Crippen LogP contribution in [0.15, 0.2) is 0 Å². The molecule has 0 fully saturated rings. The molecular weight excluding hydrogens is 172 g/mol. The summed E-state index contributed by atoms with van der Waals surface area (Å²) >= 11 is 0. The molecule has 2 N–H and O–H groups in total. The molecule has 0 radical (unpaired) electrons. The third-order valence-electron chi connectivity index (χ3n) is 1.78. The minimum absolute atomic E-state index is 0. The SMILES string of the molecule is O=C(O)CCCCCCCC(=O)O.[H+]. The molecule has 0 atom stereocenters. The second-order valence-electron chi connectivity index (χ2n) is 3.06. The van der Waals surface area contributed by atoms with Crippen molar-refractivity contribution in [1.82, 2.24) is 0 Å². The van der Waals surface area contributed by atoms with E-state index in [1.807, 2.05) is 0 Å². The quantitative estimate of drug-likeness (QED) is 0.572. The highest BCUT2D eigenvalue weighted by atomic mass is 16.4. The van der Waals surface area contributed by atoms with Gasteiger partial charge in [-0.05, 0) is 12.8 Å². The minimum atomic E-state index is -0.759. The first-order chi connectivity index (χ1) is 6.13. The van der Waals surface area contributed by atoms with Gasteiger partial charge in [-0.1, -0.05) is 19.3 Å². The summed E-state index contributed by atoms with van der Waals surface area (Å²) in [5, 5.41) is 16.6. The van der Waals surface area contributed by atoms with Gasteiger partial charge in [-0.25, -0.2) is 0 Å². The molecule has 0 aromatic rings. The summed E-state index contributed by atoms with van der Waals surface area (Å²) in [7, 11) is 0. The Hall–Kier alpha value is -1.06. The molecule has 4 heteroatoms. The van der Waals surface area contributed by atoms with Crippen molar-refractivity contribution in [1.29, 1.82) is 0 Å². The molecule has 0 amide bonds. The lowest BCUT2D eigenvalue weighted by atomic mass is 10.1. The van der Waals surface area contributed by atoms with Gasteiger partial charge in [0.2, 0.25) is 0 Å². The van der Waals surface area contributed by atoms with Crippen molar-refractivity contribution in [2.75, 3.05) is 0 Å². The summed E-state index contributed by atoms with van der Waals surface area (Å²) in [5.41, 5.74) is 0. The van der Waals surface area contributed by atoms with E-state index in [9.17, 15) is 9.59 Å². The lowest BCUT2D eigenvalue weighted by molar-refractivity contribution is -0.138. The molecule has 0 aromatic heterocycles. The highest BCUT2D eigenvalue weighted by Gasteiger charge is 1.98. The van der Waals surface area contributed by atoms with Crippen LogP contribution in [0.4, 0.5) is 0 Å². The van der Waals surface area contributed by atoms with Crippen molar-refractivity contribution in [3.8, 4) is 0 Å². The predicted molar refractivity (Wildman–Crippen MR) is 48.7 cm³/mol. The Kier molecular flexibility index (Phi) is 6.96. The number of hydrogen-bond acceptors (Lipinski definition) is 2. The van der Waals surface area contributed by atoms with Gasteiger partial charge in [0, 0.05) is 12.8 Å². The van der Waals surface area contributed by atoms with Crippen molar-refractivity contribution in [3.63, 3.8) is 0 Å². The number of carboxylic acid groups (broad SMARTS) is 2. The zero-order valence-corrected chi connectivity index (χ0v) is 7.66. The second kappa shape index (κ2) is 7.58. The third-order valence-corrected chi connectivity index (χ3v) is 1.78. The van der Waals surface area contributed by atoms with Gasteiger partial charge >= 0.3 is 13.4 Å². The molecule has 13 heavy (non-hydrogen) atoms. The second-order valence-corrected chi connectivity index (χ2v) is 3.06. The van der Waals surface area contributed by atoms with Crippen LogP contribution >= 0.6 is 0 Å². The maximum absolute atomic E-state index is 10.1. The average molecular weight is 189 g/mol. The van der Waals surface area contributed by atoms with E-state index in [1.165, 1.54) is 0 Å². The van der Waals surface area contributed by atoms with Crippen LogP contribution in [0.5, 0.6) is 0 Å². The maximum Gasteiger partial charge on any atom is 1.00 e. The molecule has 4 nitrogen and oxygen atoms in total. The van der Waals surface area contributed by atoms with Gasteiger partial charge < -0.3 is 10.2 Å². The standard InChI is InChI=1S/C9H16O4/c10-8(11)6-4-2-1-3-5-7-9(12)13/h1-7H2,(H,10,11)(H,12,13)/p+1. The number of carbonyl (C=O) groups is 2. The molecule has 0 spiro atoms. The number of aliphatic carboxylic acids is 2. The fourth-order valence-electron chi connectivity index (χ4n) is 1.08. The molecule has 0 unspecified atom stereocenters. The molecule has 0 heterocycles. The largest absolute Gasteiger partial charge is 1.00 e. The Balaban J connectivity index is 0. The van der Waals surface area contributed by atoms with Gasteiger partial charge in [-0.15, -0.1) is 0 Å². The Labute approximate surface area is 79.1 Å². The van der Waals surface area contributed by atoms with Gasteiger partial charge in [0.25, 0.3) is 0 Å². The Morgan fingerprint density at radius 1 is 0.769 bits per heavy atom. The highest BCUT2D eigenvalue weighted by molar-refractivity contribution is 5.66. The van der Waals surface area contributed by atoms with E-state index in [2.05, 4.69) is 0 Å². The van der Waals surface area contributed by atoms with E-state index in [1.54, 1.807) is 0 Å². The molecule has 0 aliphatic heterocycles. The zero-order valence-electron chi connectivity index (χ0n) is 8.66. The smallest absolute Gasteiger partial charge is 0.481 e. The van der Waals surface area contributed by atoms with Crippen LogP contribution in [0.1, 0.15) is 46.4 Å². The van der Waals surface area contributed by atoms with Crippen LogP contribution < -0.4 is 0 Å². The monoisotopic (exact) mass is 189 g/mol. The predicted octanol–water partition coefficient (Wildman–Crippen LogP) is 2.00. The Morgan fingerprint density at radius 2 is 1.08 bits per heavy atom. The van der Waals surface area contributed by atoms with Gasteiger partial charge in [-0.3, -0.25) is 9.59 Å². The molecule has 0 bridgehead atoms. The minimum Gasteiger partial charge on any atom is -0.481 e. The summed E-state index contributed by atoms with van der Waals surface area (Å²) in [6.45, 7) is 0. The fourth-order valence-corrected chi connectivity index (χ4v) is 1.08. The van der Waals surface area contributed by atoms with E-state index in [0.29, 0.717) is 12.8 Å². The van der Waals surface area contributed by atoms with Crippen molar-refractivity contribution < 1.29 is 21.2 Å². The number of rotatable bonds is 8. The van der Waals surface area contributed by atoms with Crippen LogP contribution in [-0.2, 0) is 9.59 Å². The molecule has 0 aliphatic carbocycles. The summed E-state index contributed by atoms with van der Waals surface area (Å²) in [5.74, 6) is -1.52. The molecule has 76 valence electrons. The first-order valence-corrected chi connectivity index (χ1v) is 4.56. The van der Waals surface area contributed by atoms with Crippen molar-refractivity contribution in [2.24, 2.45) is 0 Å². The van der Waals surface area contributed by atoms with Crippen molar-refractivity contribution >= 4 is 11.9 Å². The topological polar surface area (TPSA) is 74.6 Å².